The van der Waals surface area contributed by atoms with Gasteiger partial charge in [-0.2, -0.15) is 0 Å². The van der Waals surface area contributed by atoms with E-state index in [1.807, 2.05) is 33.9 Å². The summed E-state index contributed by atoms with van der Waals surface area (Å²) in [4.78, 5) is 16.1. The Labute approximate surface area is 139 Å². The zero-order valence-electron chi connectivity index (χ0n) is 13.4. The van der Waals surface area contributed by atoms with Gasteiger partial charge in [-0.05, 0) is 18.3 Å². The van der Waals surface area contributed by atoms with Gasteiger partial charge in [0.2, 0.25) is 5.91 Å². The molecule has 5 nitrogen and oxygen atoms in total. The van der Waals surface area contributed by atoms with E-state index in [1.54, 1.807) is 6.20 Å². The van der Waals surface area contributed by atoms with Gasteiger partial charge in [0.1, 0.15) is 5.82 Å². The third-order valence-electron chi connectivity index (χ3n) is 3.27. The highest BCUT2D eigenvalue weighted by molar-refractivity contribution is 5.85. The van der Waals surface area contributed by atoms with E-state index in [-0.39, 0.29) is 36.1 Å². The Morgan fingerprint density at radius 1 is 1.43 bits per heavy atom. The number of carbonyl (C=O) groups excluding carboxylic acids is 1. The van der Waals surface area contributed by atoms with Crippen LogP contribution < -0.4 is 11.1 Å². The van der Waals surface area contributed by atoms with Gasteiger partial charge < -0.3 is 15.6 Å². The molecule has 0 saturated heterocycles. The van der Waals surface area contributed by atoms with Gasteiger partial charge in [0.05, 0.1) is 6.04 Å². The second-order valence-electron chi connectivity index (χ2n) is 6.32. The van der Waals surface area contributed by atoms with Gasteiger partial charge in [-0.25, -0.2) is 4.98 Å². The van der Waals surface area contributed by atoms with E-state index in [0.717, 1.165) is 12.4 Å². The molecule has 0 saturated carbocycles. The minimum atomic E-state index is -0.477. The largest absolute Gasteiger partial charge is 0.354 e. The zero-order valence-corrected chi connectivity index (χ0v) is 15.1. The van der Waals surface area contributed by atoms with Crippen LogP contribution in [0.3, 0.4) is 0 Å². The molecule has 124 valence electrons. The fraction of sp³-hybridized carbons (Fsp3) is 0.714. The molecule has 0 radical (unpaired) electrons. The van der Waals surface area contributed by atoms with Crippen LogP contribution in [0.15, 0.2) is 12.4 Å². The molecule has 0 fully saturated rings. The molecule has 3 N–H and O–H groups in total. The minimum absolute atomic E-state index is 0. The monoisotopic (exact) mass is 338 g/mol. The molecule has 2 atom stereocenters. The van der Waals surface area contributed by atoms with Crippen molar-refractivity contribution in [2.75, 3.05) is 6.54 Å². The molecule has 0 spiro atoms. The first kappa shape index (κ1) is 22.5. The number of aromatic nitrogens is 2. The minimum Gasteiger partial charge on any atom is -0.354 e. The maximum Gasteiger partial charge on any atom is 0.237 e. The first-order valence-electron chi connectivity index (χ1n) is 6.73. The summed E-state index contributed by atoms with van der Waals surface area (Å²) in [6.45, 7) is 11.4. The van der Waals surface area contributed by atoms with Crippen molar-refractivity contribution < 1.29 is 4.79 Å². The summed E-state index contributed by atoms with van der Waals surface area (Å²) in [6.07, 6.45) is 3.74. The van der Waals surface area contributed by atoms with E-state index < -0.39 is 6.04 Å². The van der Waals surface area contributed by atoms with E-state index in [0.29, 0.717) is 12.5 Å². The smallest absolute Gasteiger partial charge is 0.237 e. The lowest BCUT2D eigenvalue weighted by Crippen LogP contribution is -2.49. The molecule has 0 aliphatic heterocycles. The number of halogens is 2. The average Bonchev–Trinajstić information content (AvgIpc) is 2.70. The van der Waals surface area contributed by atoms with Gasteiger partial charge in [-0.1, -0.05) is 27.7 Å². The number of carbonyl (C=O) groups is 1. The number of imidazole rings is 1. The van der Waals surface area contributed by atoms with Gasteiger partial charge in [-0.3, -0.25) is 4.79 Å². The van der Waals surface area contributed by atoms with Crippen LogP contribution in [0.4, 0.5) is 0 Å². The lowest BCUT2D eigenvalue weighted by molar-refractivity contribution is -0.124. The topological polar surface area (TPSA) is 72.9 Å². The third kappa shape index (κ3) is 7.16. The second-order valence-corrected chi connectivity index (χ2v) is 6.32. The van der Waals surface area contributed by atoms with Crippen molar-refractivity contribution in [2.24, 2.45) is 17.1 Å². The molecule has 0 bridgehead atoms. The molecule has 1 heterocycles. The van der Waals surface area contributed by atoms with Crippen LogP contribution in [0.25, 0.3) is 0 Å². The SMILES string of the molecule is Cc1nccn1CC(C)CNC(=O)[C@@H](N)C(C)(C)C.Cl.Cl. The number of aryl methyl sites for hydroxylation is 1. The van der Waals surface area contributed by atoms with Crippen LogP contribution in [-0.2, 0) is 11.3 Å². The fourth-order valence-corrected chi connectivity index (χ4v) is 1.78. The standard InChI is InChI=1S/C14H26N4O.2ClH/c1-10(9-18-7-6-16-11(18)2)8-17-13(19)12(15)14(3,4)5;;/h6-7,10,12H,8-9,15H2,1-5H3,(H,17,19);2*1H/t10?,12-;;/m1../s1. The summed E-state index contributed by atoms with van der Waals surface area (Å²) in [5.41, 5.74) is 5.70. The first-order valence-corrected chi connectivity index (χ1v) is 6.73. The predicted octanol–water partition coefficient (Wildman–Crippen LogP) is 2.16. The summed E-state index contributed by atoms with van der Waals surface area (Å²) in [5, 5.41) is 2.92. The molecule has 1 amide bonds. The van der Waals surface area contributed by atoms with Gasteiger partial charge in [-0.15, -0.1) is 24.8 Å². The summed E-state index contributed by atoms with van der Waals surface area (Å²) in [5.74, 6) is 1.25. The van der Waals surface area contributed by atoms with Crippen LogP contribution >= 0.6 is 24.8 Å². The lowest BCUT2D eigenvalue weighted by Gasteiger charge is -2.26. The van der Waals surface area contributed by atoms with Gasteiger partial charge in [0.15, 0.2) is 0 Å². The summed E-state index contributed by atoms with van der Waals surface area (Å²) in [7, 11) is 0. The molecule has 1 aromatic heterocycles. The molecule has 7 heteroatoms. The van der Waals surface area contributed by atoms with Crippen molar-refractivity contribution >= 4 is 30.7 Å². The van der Waals surface area contributed by atoms with E-state index >= 15 is 0 Å². The van der Waals surface area contributed by atoms with Crippen LogP contribution in [0.1, 0.15) is 33.5 Å². The van der Waals surface area contributed by atoms with Crippen LogP contribution in [0.5, 0.6) is 0 Å². The molecule has 1 unspecified atom stereocenters. The Balaban J connectivity index is 0. The van der Waals surface area contributed by atoms with Gasteiger partial charge in [0, 0.05) is 25.5 Å². The number of rotatable bonds is 5. The average molecular weight is 339 g/mol. The molecular formula is C14H28Cl2N4O. The van der Waals surface area contributed by atoms with Crippen LogP contribution in [0, 0.1) is 18.3 Å². The number of nitrogens with one attached hydrogen (secondary N) is 1. The highest BCUT2D eigenvalue weighted by Crippen LogP contribution is 2.17. The molecule has 0 aromatic carbocycles. The van der Waals surface area contributed by atoms with Gasteiger partial charge >= 0.3 is 0 Å². The predicted molar refractivity (Wildman–Crippen MR) is 91.1 cm³/mol. The maximum atomic E-state index is 11.9. The van der Waals surface area contributed by atoms with E-state index in [4.69, 9.17) is 5.73 Å². The Morgan fingerprint density at radius 3 is 2.43 bits per heavy atom. The fourth-order valence-electron chi connectivity index (χ4n) is 1.78. The number of nitrogens with two attached hydrogens (primary N) is 1. The maximum absolute atomic E-state index is 11.9. The summed E-state index contributed by atoms with van der Waals surface area (Å²) >= 11 is 0. The van der Waals surface area contributed by atoms with Gasteiger partial charge in [0.25, 0.3) is 0 Å². The Morgan fingerprint density at radius 2 is 2.00 bits per heavy atom. The Hall–Kier alpha value is -0.780. The van der Waals surface area contributed by atoms with Crippen molar-refractivity contribution in [3.8, 4) is 0 Å². The molecule has 1 rings (SSSR count). The van der Waals surface area contributed by atoms with E-state index in [1.165, 1.54) is 0 Å². The van der Waals surface area contributed by atoms with Crippen molar-refractivity contribution in [1.82, 2.24) is 14.9 Å². The molecule has 0 aliphatic carbocycles. The van der Waals surface area contributed by atoms with Crippen molar-refractivity contribution in [3.63, 3.8) is 0 Å². The number of hydrogen-bond donors (Lipinski definition) is 2. The Kier molecular flexibility index (Phi) is 9.94. The first-order chi connectivity index (χ1) is 8.71. The summed E-state index contributed by atoms with van der Waals surface area (Å²) < 4.78 is 2.08. The third-order valence-corrected chi connectivity index (χ3v) is 3.27. The van der Waals surface area contributed by atoms with E-state index in [2.05, 4.69) is 21.8 Å². The number of amides is 1. The summed E-state index contributed by atoms with van der Waals surface area (Å²) in [6, 6.07) is -0.477. The number of nitrogens with zero attached hydrogens (tertiary/aromatic N) is 2. The lowest BCUT2D eigenvalue weighted by atomic mass is 9.87. The quantitative estimate of drug-likeness (QED) is 0.863. The van der Waals surface area contributed by atoms with Crippen molar-refractivity contribution in [1.29, 1.82) is 0 Å². The van der Waals surface area contributed by atoms with E-state index in [9.17, 15) is 4.79 Å². The molecule has 21 heavy (non-hydrogen) atoms. The second kappa shape index (κ2) is 9.28. The highest BCUT2D eigenvalue weighted by Gasteiger charge is 2.27. The van der Waals surface area contributed by atoms with Crippen LogP contribution in [-0.4, -0.2) is 28.0 Å². The molecule has 1 aromatic rings. The van der Waals surface area contributed by atoms with Crippen LogP contribution in [0.2, 0.25) is 0 Å². The Bertz CT molecular complexity index is 429. The van der Waals surface area contributed by atoms with Crippen molar-refractivity contribution in [3.05, 3.63) is 18.2 Å². The highest BCUT2D eigenvalue weighted by atomic mass is 35.5. The molecule has 0 aliphatic rings. The zero-order chi connectivity index (χ0) is 14.6. The molecular weight excluding hydrogens is 311 g/mol. The normalized spacial score (nSPS) is 13.6. The number of hydrogen-bond acceptors (Lipinski definition) is 3. The van der Waals surface area contributed by atoms with Crippen molar-refractivity contribution in [2.45, 2.75) is 47.2 Å².